The van der Waals surface area contributed by atoms with Gasteiger partial charge in [-0.05, 0) is 67.4 Å². The maximum Gasteiger partial charge on any atom is 0.261 e. The summed E-state index contributed by atoms with van der Waals surface area (Å²) in [6.45, 7) is 3.91. The van der Waals surface area contributed by atoms with Crippen LogP contribution < -0.4 is 14.8 Å². The molecule has 0 fully saturated rings. The molecule has 1 amide bonds. The minimum Gasteiger partial charge on any atom is -0.497 e. The Morgan fingerprint density at radius 3 is 2.33 bits per heavy atom. The fourth-order valence-electron chi connectivity index (χ4n) is 3.12. The van der Waals surface area contributed by atoms with Crippen molar-refractivity contribution < 1.29 is 17.9 Å². The van der Waals surface area contributed by atoms with Crippen LogP contribution in [0.2, 0.25) is 0 Å². The number of anilines is 1. The lowest BCUT2D eigenvalue weighted by Crippen LogP contribution is -2.27. The van der Waals surface area contributed by atoms with E-state index in [4.69, 9.17) is 4.74 Å². The average Bonchev–Trinajstić information content (AvgIpc) is 2.74. The van der Waals surface area contributed by atoms with Gasteiger partial charge in [0.1, 0.15) is 5.75 Å². The fraction of sp³-hybridized carbons (Fsp3) is 0.174. The molecular formula is C23H24N2O4S. The van der Waals surface area contributed by atoms with Gasteiger partial charge in [-0.25, -0.2) is 8.42 Å². The zero-order valence-electron chi connectivity index (χ0n) is 17.0. The minimum absolute atomic E-state index is 0.103. The van der Waals surface area contributed by atoms with Crippen molar-refractivity contribution >= 4 is 21.6 Å². The molecule has 1 atom stereocenters. The number of hydrogen-bond donors (Lipinski definition) is 2. The predicted molar refractivity (Wildman–Crippen MR) is 117 cm³/mol. The van der Waals surface area contributed by atoms with Gasteiger partial charge < -0.3 is 10.1 Å². The number of methoxy groups -OCH3 is 1. The molecule has 0 aromatic heterocycles. The first-order valence-corrected chi connectivity index (χ1v) is 10.9. The molecular weight excluding hydrogens is 400 g/mol. The summed E-state index contributed by atoms with van der Waals surface area (Å²) in [5.41, 5.74) is 2.79. The molecule has 0 aliphatic carbocycles. The summed E-state index contributed by atoms with van der Waals surface area (Å²) in [7, 11) is -2.28. The highest BCUT2D eigenvalue weighted by molar-refractivity contribution is 7.92. The molecule has 0 radical (unpaired) electrons. The Bertz CT molecular complexity index is 1140. The van der Waals surface area contributed by atoms with Gasteiger partial charge in [-0.2, -0.15) is 0 Å². The normalized spacial score (nSPS) is 12.1. The van der Waals surface area contributed by atoms with E-state index in [1.165, 1.54) is 25.3 Å². The van der Waals surface area contributed by atoms with E-state index < -0.39 is 10.0 Å². The molecule has 0 unspecified atom stereocenters. The molecule has 3 aromatic carbocycles. The van der Waals surface area contributed by atoms with E-state index in [0.717, 1.165) is 11.1 Å². The molecule has 0 saturated heterocycles. The second kappa shape index (κ2) is 9.00. The molecule has 7 heteroatoms. The number of rotatable bonds is 7. The van der Waals surface area contributed by atoms with Crippen LogP contribution in [0.1, 0.15) is 34.5 Å². The molecule has 3 aromatic rings. The first kappa shape index (κ1) is 21.4. The monoisotopic (exact) mass is 424 g/mol. The number of hydrogen-bond acceptors (Lipinski definition) is 4. The average molecular weight is 425 g/mol. The molecule has 30 heavy (non-hydrogen) atoms. The summed E-state index contributed by atoms with van der Waals surface area (Å²) in [6, 6.07) is 20.1. The SMILES string of the molecule is COc1ccc(S(=O)(=O)Nc2cccc(C(=O)N[C@@H](C)c3ccccc3C)c2)cc1. The van der Waals surface area contributed by atoms with Gasteiger partial charge in [-0.15, -0.1) is 0 Å². The largest absolute Gasteiger partial charge is 0.497 e. The first-order chi connectivity index (χ1) is 14.3. The van der Waals surface area contributed by atoms with Gasteiger partial charge in [0.05, 0.1) is 18.0 Å². The molecule has 0 spiro atoms. The zero-order valence-corrected chi connectivity index (χ0v) is 17.9. The van der Waals surface area contributed by atoms with Gasteiger partial charge in [0.25, 0.3) is 15.9 Å². The van der Waals surface area contributed by atoms with Crippen LogP contribution in [0.15, 0.2) is 77.7 Å². The van der Waals surface area contributed by atoms with E-state index in [2.05, 4.69) is 10.0 Å². The smallest absolute Gasteiger partial charge is 0.261 e. The molecule has 2 N–H and O–H groups in total. The van der Waals surface area contributed by atoms with E-state index in [9.17, 15) is 13.2 Å². The van der Waals surface area contributed by atoms with Crippen LogP contribution >= 0.6 is 0 Å². The summed E-state index contributed by atoms with van der Waals surface area (Å²) >= 11 is 0. The highest BCUT2D eigenvalue weighted by Crippen LogP contribution is 2.21. The van der Waals surface area contributed by atoms with E-state index in [-0.39, 0.29) is 16.8 Å². The van der Waals surface area contributed by atoms with Gasteiger partial charge in [0.2, 0.25) is 0 Å². The predicted octanol–water partition coefficient (Wildman–Crippen LogP) is 4.30. The Balaban J connectivity index is 1.75. The van der Waals surface area contributed by atoms with Crippen molar-refractivity contribution in [1.29, 1.82) is 0 Å². The quantitative estimate of drug-likeness (QED) is 0.592. The molecule has 0 aliphatic rings. The van der Waals surface area contributed by atoms with Gasteiger partial charge in [-0.1, -0.05) is 30.3 Å². The Hall–Kier alpha value is -3.32. The molecule has 0 bridgehead atoms. The van der Waals surface area contributed by atoms with Crippen molar-refractivity contribution in [3.05, 3.63) is 89.5 Å². The molecule has 0 heterocycles. The maximum atomic E-state index is 12.7. The number of aryl methyl sites for hydroxylation is 1. The molecule has 0 aliphatic heterocycles. The lowest BCUT2D eigenvalue weighted by atomic mass is 10.0. The van der Waals surface area contributed by atoms with Crippen molar-refractivity contribution in [3.8, 4) is 5.75 Å². The van der Waals surface area contributed by atoms with Crippen LogP contribution in [0, 0.1) is 6.92 Å². The van der Waals surface area contributed by atoms with Crippen LogP contribution in [0.5, 0.6) is 5.75 Å². The molecule has 0 saturated carbocycles. The van der Waals surface area contributed by atoms with Crippen molar-refractivity contribution in [2.45, 2.75) is 24.8 Å². The zero-order chi connectivity index (χ0) is 21.7. The van der Waals surface area contributed by atoms with Crippen LogP contribution in [-0.4, -0.2) is 21.4 Å². The number of amides is 1. The van der Waals surface area contributed by atoms with E-state index >= 15 is 0 Å². The number of carbonyl (C=O) groups excluding carboxylic acids is 1. The van der Waals surface area contributed by atoms with E-state index in [0.29, 0.717) is 17.0 Å². The van der Waals surface area contributed by atoms with Crippen molar-refractivity contribution in [2.24, 2.45) is 0 Å². The lowest BCUT2D eigenvalue weighted by molar-refractivity contribution is 0.0940. The number of ether oxygens (including phenoxy) is 1. The standard InChI is InChI=1S/C23H24N2O4S/c1-16-7-4-5-10-22(16)17(2)24-23(26)18-8-6-9-19(15-18)25-30(27,28)21-13-11-20(29-3)12-14-21/h4-15,17,25H,1-3H3,(H,24,26)/t17-/m0/s1. The summed E-state index contributed by atoms with van der Waals surface area (Å²) in [5, 5.41) is 2.96. The highest BCUT2D eigenvalue weighted by Gasteiger charge is 2.17. The van der Waals surface area contributed by atoms with Crippen LogP contribution in [0.3, 0.4) is 0 Å². The van der Waals surface area contributed by atoms with Gasteiger partial charge in [0.15, 0.2) is 0 Å². The topological polar surface area (TPSA) is 84.5 Å². The van der Waals surface area contributed by atoms with Crippen LogP contribution in [0.25, 0.3) is 0 Å². The number of sulfonamides is 1. The highest BCUT2D eigenvalue weighted by atomic mass is 32.2. The van der Waals surface area contributed by atoms with Crippen LogP contribution in [0.4, 0.5) is 5.69 Å². The van der Waals surface area contributed by atoms with Gasteiger partial charge in [0, 0.05) is 11.3 Å². The number of nitrogens with one attached hydrogen (secondary N) is 2. The van der Waals surface area contributed by atoms with E-state index in [1.54, 1.807) is 30.3 Å². The Kier molecular flexibility index (Phi) is 6.42. The number of benzene rings is 3. The second-order valence-corrected chi connectivity index (χ2v) is 8.60. The summed E-state index contributed by atoms with van der Waals surface area (Å²) in [6.07, 6.45) is 0. The lowest BCUT2D eigenvalue weighted by Gasteiger charge is -2.17. The van der Waals surface area contributed by atoms with Crippen molar-refractivity contribution in [2.75, 3.05) is 11.8 Å². The Morgan fingerprint density at radius 1 is 0.967 bits per heavy atom. The van der Waals surface area contributed by atoms with Gasteiger partial charge in [-0.3, -0.25) is 9.52 Å². The minimum atomic E-state index is -3.79. The third-order valence-electron chi connectivity index (χ3n) is 4.75. The molecule has 156 valence electrons. The third kappa shape index (κ3) is 4.99. The molecule has 6 nitrogen and oxygen atoms in total. The Labute approximate surface area is 177 Å². The Morgan fingerprint density at radius 2 is 1.67 bits per heavy atom. The summed E-state index contributed by atoms with van der Waals surface area (Å²) < 4.78 is 32.8. The van der Waals surface area contributed by atoms with Crippen LogP contribution in [-0.2, 0) is 10.0 Å². The van der Waals surface area contributed by atoms with Crippen molar-refractivity contribution in [3.63, 3.8) is 0 Å². The fourth-order valence-corrected chi connectivity index (χ4v) is 4.17. The van der Waals surface area contributed by atoms with E-state index in [1.807, 2.05) is 38.1 Å². The third-order valence-corrected chi connectivity index (χ3v) is 6.15. The summed E-state index contributed by atoms with van der Waals surface area (Å²) in [5.74, 6) is 0.284. The summed E-state index contributed by atoms with van der Waals surface area (Å²) in [4.78, 5) is 12.8. The molecule has 3 rings (SSSR count). The maximum absolute atomic E-state index is 12.7. The number of carbonyl (C=O) groups is 1. The first-order valence-electron chi connectivity index (χ1n) is 9.43. The second-order valence-electron chi connectivity index (χ2n) is 6.91. The van der Waals surface area contributed by atoms with Gasteiger partial charge >= 0.3 is 0 Å². The van der Waals surface area contributed by atoms with Crippen molar-refractivity contribution in [1.82, 2.24) is 5.32 Å².